The van der Waals surface area contributed by atoms with Crippen LogP contribution in [0.5, 0.6) is 0 Å². The molecule has 0 bridgehead atoms. The summed E-state index contributed by atoms with van der Waals surface area (Å²) in [6, 6.07) is 7.24. The van der Waals surface area contributed by atoms with E-state index in [0.29, 0.717) is 18.5 Å². The molecule has 0 aliphatic carbocycles. The highest BCUT2D eigenvalue weighted by Crippen LogP contribution is 2.13. The summed E-state index contributed by atoms with van der Waals surface area (Å²) >= 11 is 1.88. The largest absolute Gasteiger partial charge is 0.352 e. The molecular formula is C16H24ClN3O2S. The molecule has 0 saturated carbocycles. The number of carbonyl (C=O) groups is 2. The standard InChI is InChI=1S/C16H23N3O2S.ClH/c1-2-7-18-16(21)12-3-5-13(6-4-12)19-15(20)10-14-11-22-9-8-17-14;/h3-6,14,17H,2,7-11H2,1H3,(H,18,21)(H,19,20);1H. The number of benzene rings is 1. The molecule has 2 amide bonds. The van der Waals surface area contributed by atoms with E-state index >= 15 is 0 Å². The topological polar surface area (TPSA) is 70.2 Å². The molecule has 1 saturated heterocycles. The van der Waals surface area contributed by atoms with Gasteiger partial charge in [-0.3, -0.25) is 9.59 Å². The van der Waals surface area contributed by atoms with Crippen molar-refractivity contribution in [3.63, 3.8) is 0 Å². The number of halogens is 1. The Morgan fingerprint density at radius 3 is 2.65 bits per heavy atom. The maximum Gasteiger partial charge on any atom is 0.251 e. The van der Waals surface area contributed by atoms with E-state index in [1.807, 2.05) is 18.7 Å². The molecule has 1 aliphatic heterocycles. The van der Waals surface area contributed by atoms with Crippen LogP contribution in [0.1, 0.15) is 30.1 Å². The Morgan fingerprint density at radius 1 is 1.30 bits per heavy atom. The third-order valence-corrected chi connectivity index (χ3v) is 4.53. The molecule has 1 heterocycles. The van der Waals surface area contributed by atoms with E-state index in [9.17, 15) is 9.59 Å². The molecule has 3 N–H and O–H groups in total. The highest BCUT2D eigenvalue weighted by Gasteiger charge is 2.16. The first-order valence-corrected chi connectivity index (χ1v) is 8.83. The fourth-order valence-corrected chi connectivity index (χ4v) is 3.18. The van der Waals surface area contributed by atoms with Gasteiger partial charge in [-0.15, -0.1) is 12.4 Å². The lowest BCUT2D eigenvalue weighted by molar-refractivity contribution is -0.116. The average Bonchev–Trinajstić information content (AvgIpc) is 2.54. The third kappa shape index (κ3) is 6.81. The van der Waals surface area contributed by atoms with E-state index in [0.717, 1.165) is 30.2 Å². The molecule has 128 valence electrons. The van der Waals surface area contributed by atoms with Crippen LogP contribution in [0, 0.1) is 0 Å². The Hall–Kier alpha value is -1.24. The van der Waals surface area contributed by atoms with Crippen LogP contribution >= 0.6 is 24.2 Å². The Kier molecular flexibility index (Phi) is 9.06. The Labute approximate surface area is 147 Å². The molecule has 1 atom stereocenters. The molecule has 5 nitrogen and oxygen atoms in total. The minimum absolute atomic E-state index is 0. The van der Waals surface area contributed by atoms with Crippen molar-refractivity contribution >= 4 is 41.7 Å². The molecular weight excluding hydrogens is 334 g/mol. The van der Waals surface area contributed by atoms with Crippen molar-refractivity contribution in [2.24, 2.45) is 0 Å². The van der Waals surface area contributed by atoms with Crippen molar-refractivity contribution in [1.29, 1.82) is 0 Å². The van der Waals surface area contributed by atoms with Gasteiger partial charge in [-0.1, -0.05) is 6.92 Å². The fraction of sp³-hybridized carbons (Fsp3) is 0.500. The number of hydrogen-bond acceptors (Lipinski definition) is 4. The SMILES string of the molecule is CCCNC(=O)c1ccc(NC(=O)CC2CSCCN2)cc1.Cl. The molecule has 23 heavy (non-hydrogen) atoms. The zero-order valence-electron chi connectivity index (χ0n) is 13.3. The lowest BCUT2D eigenvalue weighted by Crippen LogP contribution is -2.39. The van der Waals surface area contributed by atoms with Gasteiger partial charge < -0.3 is 16.0 Å². The second kappa shape index (κ2) is 10.5. The van der Waals surface area contributed by atoms with Crippen LogP contribution < -0.4 is 16.0 Å². The summed E-state index contributed by atoms with van der Waals surface area (Å²) in [7, 11) is 0. The number of nitrogens with one attached hydrogen (secondary N) is 3. The Morgan fingerprint density at radius 2 is 2.04 bits per heavy atom. The molecule has 7 heteroatoms. The molecule has 0 spiro atoms. The number of carbonyl (C=O) groups excluding carboxylic acids is 2. The number of thioether (sulfide) groups is 1. The van der Waals surface area contributed by atoms with Crippen LogP contribution in [-0.2, 0) is 4.79 Å². The zero-order chi connectivity index (χ0) is 15.8. The van der Waals surface area contributed by atoms with Gasteiger partial charge in [0.1, 0.15) is 0 Å². The predicted molar refractivity (Wildman–Crippen MR) is 98.7 cm³/mol. The Bertz CT molecular complexity index is 505. The van der Waals surface area contributed by atoms with Gasteiger partial charge in [0.2, 0.25) is 5.91 Å². The summed E-state index contributed by atoms with van der Waals surface area (Å²) in [6.07, 6.45) is 1.39. The summed E-state index contributed by atoms with van der Waals surface area (Å²) in [6.45, 7) is 3.65. The maximum atomic E-state index is 12.0. The normalized spacial score (nSPS) is 17.0. The smallest absolute Gasteiger partial charge is 0.251 e. The first-order valence-electron chi connectivity index (χ1n) is 7.68. The minimum Gasteiger partial charge on any atom is -0.352 e. The van der Waals surface area contributed by atoms with E-state index in [1.54, 1.807) is 24.3 Å². The lowest BCUT2D eigenvalue weighted by atomic mass is 10.1. The summed E-state index contributed by atoms with van der Waals surface area (Å²) in [4.78, 5) is 23.8. The Balaban J connectivity index is 0.00000264. The van der Waals surface area contributed by atoms with Crippen molar-refractivity contribution in [3.05, 3.63) is 29.8 Å². The highest BCUT2D eigenvalue weighted by atomic mass is 35.5. The molecule has 1 fully saturated rings. The number of rotatable bonds is 6. The number of amides is 2. The van der Waals surface area contributed by atoms with Gasteiger partial charge in [-0.25, -0.2) is 0 Å². The molecule has 1 aliphatic rings. The molecule has 0 radical (unpaired) electrons. The first-order chi connectivity index (χ1) is 10.7. The minimum atomic E-state index is -0.0804. The molecule has 0 aromatic heterocycles. The van der Waals surface area contributed by atoms with Crippen LogP contribution in [0.25, 0.3) is 0 Å². The van der Waals surface area contributed by atoms with Crippen molar-refractivity contribution < 1.29 is 9.59 Å². The van der Waals surface area contributed by atoms with Gasteiger partial charge in [-0.05, 0) is 30.7 Å². The van der Waals surface area contributed by atoms with Gasteiger partial charge in [-0.2, -0.15) is 11.8 Å². The van der Waals surface area contributed by atoms with Crippen molar-refractivity contribution in [1.82, 2.24) is 10.6 Å². The second-order valence-electron chi connectivity index (χ2n) is 5.31. The summed E-state index contributed by atoms with van der Waals surface area (Å²) < 4.78 is 0. The van der Waals surface area contributed by atoms with Crippen LogP contribution in [-0.4, -0.2) is 42.5 Å². The maximum absolute atomic E-state index is 12.0. The van der Waals surface area contributed by atoms with E-state index in [-0.39, 0.29) is 30.3 Å². The van der Waals surface area contributed by atoms with Crippen LogP contribution in [0.15, 0.2) is 24.3 Å². The molecule has 1 unspecified atom stereocenters. The van der Waals surface area contributed by atoms with E-state index in [4.69, 9.17) is 0 Å². The number of anilines is 1. The second-order valence-corrected chi connectivity index (χ2v) is 6.46. The fourth-order valence-electron chi connectivity index (χ4n) is 2.23. The lowest BCUT2D eigenvalue weighted by Gasteiger charge is -2.22. The van der Waals surface area contributed by atoms with E-state index in [1.165, 1.54) is 0 Å². The van der Waals surface area contributed by atoms with Gasteiger partial charge in [0.05, 0.1) is 0 Å². The van der Waals surface area contributed by atoms with Gasteiger partial charge >= 0.3 is 0 Å². The van der Waals surface area contributed by atoms with Crippen molar-refractivity contribution in [3.8, 4) is 0 Å². The predicted octanol–water partition coefficient (Wildman–Crippen LogP) is 2.28. The van der Waals surface area contributed by atoms with Gasteiger partial charge in [0.15, 0.2) is 0 Å². The third-order valence-electron chi connectivity index (χ3n) is 3.40. The number of hydrogen-bond donors (Lipinski definition) is 3. The monoisotopic (exact) mass is 357 g/mol. The van der Waals surface area contributed by atoms with E-state index in [2.05, 4.69) is 16.0 Å². The molecule has 1 aromatic rings. The first kappa shape index (κ1) is 19.8. The van der Waals surface area contributed by atoms with Crippen molar-refractivity contribution in [2.75, 3.05) is 29.9 Å². The van der Waals surface area contributed by atoms with Crippen LogP contribution in [0.3, 0.4) is 0 Å². The summed E-state index contributed by atoms with van der Waals surface area (Å²) in [5.74, 6) is 2.01. The zero-order valence-corrected chi connectivity index (χ0v) is 14.9. The average molecular weight is 358 g/mol. The molecule has 1 aromatic carbocycles. The quantitative estimate of drug-likeness (QED) is 0.730. The summed E-state index contributed by atoms with van der Waals surface area (Å²) in [5, 5.41) is 9.05. The van der Waals surface area contributed by atoms with Crippen LogP contribution in [0.4, 0.5) is 5.69 Å². The van der Waals surface area contributed by atoms with Gasteiger partial charge in [0.25, 0.3) is 5.91 Å². The summed E-state index contributed by atoms with van der Waals surface area (Å²) in [5.41, 5.74) is 1.33. The van der Waals surface area contributed by atoms with Gasteiger partial charge in [0, 0.05) is 48.3 Å². The van der Waals surface area contributed by atoms with Crippen LogP contribution in [0.2, 0.25) is 0 Å². The van der Waals surface area contributed by atoms with Crippen molar-refractivity contribution in [2.45, 2.75) is 25.8 Å². The highest BCUT2D eigenvalue weighted by molar-refractivity contribution is 7.99. The molecule has 2 rings (SSSR count). The van der Waals surface area contributed by atoms with E-state index < -0.39 is 0 Å².